The zero-order valence-corrected chi connectivity index (χ0v) is 24.7. The van der Waals surface area contributed by atoms with Crippen LogP contribution >= 0.6 is 23.2 Å². The van der Waals surface area contributed by atoms with Gasteiger partial charge in [-0.2, -0.15) is 5.10 Å². The van der Waals surface area contributed by atoms with Crippen molar-refractivity contribution in [2.75, 3.05) is 13.1 Å². The summed E-state index contributed by atoms with van der Waals surface area (Å²) in [6, 6.07) is 26.5. The summed E-state index contributed by atoms with van der Waals surface area (Å²) < 4.78 is 29.4. The van der Waals surface area contributed by atoms with Crippen molar-refractivity contribution in [3.63, 3.8) is 0 Å². The van der Waals surface area contributed by atoms with Crippen LogP contribution in [0.25, 0.3) is 0 Å². The highest BCUT2D eigenvalue weighted by molar-refractivity contribution is 7.90. The van der Waals surface area contributed by atoms with Gasteiger partial charge in [-0.25, -0.2) is 18.1 Å². The van der Waals surface area contributed by atoms with E-state index in [0.29, 0.717) is 28.6 Å². The van der Waals surface area contributed by atoms with Crippen molar-refractivity contribution in [2.24, 2.45) is 10.1 Å². The molecule has 3 aromatic carbocycles. The summed E-state index contributed by atoms with van der Waals surface area (Å²) in [5.41, 5.74) is 3.16. The molecule has 1 aromatic heterocycles. The molecule has 1 aliphatic heterocycles. The molecular weight excluding hydrogens is 593 g/mol. The van der Waals surface area contributed by atoms with Gasteiger partial charge in [-0.1, -0.05) is 65.7 Å². The number of hydrogen-bond acceptors (Lipinski definition) is 6. The molecule has 0 radical (unpaired) electrons. The number of carbonyl (C=O) groups is 1. The first kappa shape index (κ1) is 29.4. The van der Waals surface area contributed by atoms with E-state index >= 15 is 0 Å². The first-order valence-corrected chi connectivity index (χ1v) is 15.5. The molecule has 1 aliphatic rings. The molecule has 5 rings (SSSR count). The van der Waals surface area contributed by atoms with E-state index in [2.05, 4.69) is 14.7 Å². The van der Waals surface area contributed by atoms with Gasteiger partial charge < -0.3 is 0 Å². The van der Waals surface area contributed by atoms with Crippen molar-refractivity contribution in [1.82, 2.24) is 14.7 Å². The third-order valence-electron chi connectivity index (χ3n) is 6.66. The molecule has 0 amide bonds. The zero-order valence-electron chi connectivity index (χ0n) is 22.4. The minimum atomic E-state index is -4.02. The summed E-state index contributed by atoms with van der Waals surface area (Å²) in [6.07, 6.45) is 3.78. The highest BCUT2D eigenvalue weighted by Crippen LogP contribution is 2.30. The Morgan fingerprint density at radius 1 is 0.929 bits per heavy atom. The lowest BCUT2D eigenvalue weighted by Gasteiger charge is -2.20. The number of pyridine rings is 1. The van der Waals surface area contributed by atoms with Gasteiger partial charge in [-0.3, -0.25) is 14.8 Å². The van der Waals surface area contributed by atoms with Gasteiger partial charge in [0.25, 0.3) is 10.0 Å². The smallest absolute Gasteiger partial charge is 0.264 e. The van der Waals surface area contributed by atoms with E-state index in [-0.39, 0.29) is 35.5 Å². The van der Waals surface area contributed by atoms with Crippen LogP contribution in [0.5, 0.6) is 0 Å². The number of halogens is 2. The summed E-state index contributed by atoms with van der Waals surface area (Å²) in [7, 11) is -4.02. The third kappa shape index (κ3) is 7.23. The number of nitrogens with one attached hydrogen (secondary N) is 1. The lowest BCUT2D eigenvalue weighted by molar-refractivity contribution is 0.0980. The van der Waals surface area contributed by atoms with Gasteiger partial charge >= 0.3 is 0 Å². The highest BCUT2D eigenvalue weighted by atomic mass is 35.5. The average Bonchev–Trinajstić information content (AvgIpc) is 3.45. The molecule has 1 N–H and O–H groups in total. The number of rotatable bonds is 9. The molecule has 11 heteroatoms. The van der Waals surface area contributed by atoms with Crippen LogP contribution in [-0.4, -0.2) is 49.0 Å². The van der Waals surface area contributed by atoms with Crippen molar-refractivity contribution < 1.29 is 13.2 Å². The summed E-state index contributed by atoms with van der Waals surface area (Å²) in [5, 5.41) is 7.44. The average molecular weight is 621 g/mol. The second-order valence-electron chi connectivity index (χ2n) is 9.57. The van der Waals surface area contributed by atoms with Crippen molar-refractivity contribution in [1.29, 1.82) is 0 Å². The van der Waals surface area contributed by atoms with Gasteiger partial charge in [0.1, 0.15) is 0 Å². The molecule has 0 saturated heterocycles. The number of benzene rings is 3. The zero-order chi connectivity index (χ0) is 29.5. The normalized spacial score (nSPS) is 15.4. The number of ketones is 1. The molecule has 4 aromatic rings. The summed E-state index contributed by atoms with van der Waals surface area (Å²) in [5.74, 6) is -0.164. The quantitative estimate of drug-likeness (QED) is 0.104. The summed E-state index contributed by atoms with van der Waals surface area (Å²) in [4.78, 5) is 21.2. The molecule has 0 bridgehead atoms. The maximum atomic E-state index is 13.4. The van der Waals surface area contributed by atoms with Gasteiger partial charge in [-0.15, -0.1) is 0 Å². The number of aliphatic imine (C=N–C) groups is 1. The third-order valence-corrected chi connectivity index (χ3v) is 8.51. The Kier molecular flexibility index (Phi) is 9.31. The molecule has 0 aliphatic carbocycles. The van der Waals surface area contributed by atoms with E-state index in [1.807, 2.05) is 42.5 Å². The summed E-state index contributed by atoms with van der Waals surface area (Å²) in [6.45, 7) is 0.543. The minimum absolute atomic E-state index is 0.0343. The van der Waals surface area contributed by atoms with Crippen LogP contribution < -0.4 is 4.72 Å². The number of hydrogen-bond donors (Lipinski definition) is 1. The van der Waals surface area contributed by atoms with Crippen LogP contribution in [0.2, 0.25) is 10.0 Å². The van der Waals surface area contributed by atoms with E-state index in [0.717, 1.165) is 16.8 Å². The molecule has 2 heterocycles. The molecule has 8 nitrogen and oxygen atoms in total. The lowest BCUT2D eigenvalue weighted by Crippen LogP contribution is -2.41. The van der Waals surface area contributed by atoms with E-state index in [9.17, 15) is 13.2 Å². The van der Waals surface area contributed by atoms with Gasteiger partial charge in [0, 0.05) is 46.9 Å². The van der Waals surface area contributed by atoms with E-state index in [1.165, 1.54) is 30.5 Å². The van der Waals surface area contributed by atoms with E-state index < -0.39 is 10.0 Å². The Balaban J connectivity index is 1.45. The number of hydrazone groups is 1. The number of guanidine groups is 1. The minimum Gasteiger partial charge on any atom is -0.294 e. The molecule has 0 spiro atoms. The fraction of sp³-hybridized carbons (Fsp3) is 0.161. The number of nitrogens with zero attached hydrogens (tertiary/aromatic N) is 4. The predicted molar refractivity (Wildman–Crippen MR) is 166 cm³/mol. The Morgan fingerprint density at radius 3 is 2.29 bits per heavy atom. The Labute approximate surface area is 254 Å². The number of carbonyl (C=O) groups excluding carboxylic acids is 1. The Bertz CT molecular complexity index is 1700. The second kappa shape index (κ2) is 13.3. The molecule has 0 saturated carbocycles. The first-order valence-electron chi connectivity index (χ1n) is 13.2. The maximum absolute atomic E-state index is 13.4. The molecule has 42 heavy (non-hydrogen) atoms. The number of Topliss-reactive ketones (excluding diaryl/α,β-unsaturated/α-hetero) is 1. The molecular formula is C31H27Cl2N5O3S. The van der Waals surface area contributed by atoms with Crippen molar-refractivity contribution in [2.45, 2.75) is 23.7 Å². The van der Waals surface area contributed by atoms with Gasteiger partial charge in [0.05, 0.1) is 17.2 Å². The second-order valence-corrected chi connectivity index (χ2v) is 12.1. The van der Waals surface area contributed by atoms with E-state index in [4.69, 9.17) is 28.3 Å². The molecule has 1 unspecified atom stereocenters. The Morgan fingerprint density at radius 2 is 1.62 bits per heavy atom. The maximum Gasteiger partial charge on any atom is 0.264 e. The number of aromatic nitrogens is 1. The van der Waals surface area contributed by atoms with Crippen LogP contribution in [0.3, 0.4) is 0 Å². The van der Waals surface area contributed by atoms with Crippen molar-refractivity contribution in [3.05, 3.63) is 130 Å². The van der Waals surface area contributed by atoms with E-state index in [1.54, 1.807) is 35.5 Å². The molecule has 0 fully saturated rings. The van der Waals surface area contributed by atoms with Crippen LogP contribution in [0.4, 0.5) is 0 Å². The summed E-state index contributed by atoms with van der Waals surface area (Å²) >= 11 is 12.1. The number of sulfonamides is 1. The van der Waals surface area contributed by atoms with Crippen molar-refractivity contribution >= 4 is 50.7 Å². The van der Waals surface area contributed by atoms with Crippen LogP contribution in [0.1, 0.15) is 40.2 Å². The predicted octanol–water partition coefficient (Wildman–Crippen LogP) is 6.19. The lowest BCUT2D eigenvalue weighted by atomic mass is 9.91. The highest BCUT2D eigenvalue weighted by Gasteiger charge is 2.33. The largest absolute Gasteiger partial charge is 0.294 e. The van der Waals surface area contributed by atoms with Crippen molar-refractivity contribution in [3.8, 4) is 0 Å². The fourth-order valence-electron chi connectivity index (χ4n) is 4.52. The topological polar surface area (TPSA) is 104 Å². The fourth-order valence-corrected chi connectivity index (χ4v) is 5.79. The standard InChI is InChI=1S/C31H27Cl2N5O3S/c32-25-12-10-23(11-13-25)30-28(22-6-2-1-3-7-22)21-38(36-30)31(37-42(40,41)27-16-14-26(33)15-17-27)35-19-5-9-29(39)24-8-4-18-34-20-24/h1-4,6-8,10-18,20,28H,5,9,19,21H2,(H,35,37). The molecule has 214 valence electrons. The van der Waals surface area contributed by atoms with Gasteiger partial charge in [-0.05, 0) is 66.1 Å². The van der Waals surface area contributed by atoms with Crippen LogP contribution in [-0.2, 0) is 10.0 Å². The monoisotopic (exact) mass is 619 g/mol. The van der Waals surface area contributed by atoms with Crippen LogP contribution in [0, 0.1) is 0 Å². The molecule has 1 atom stereocenters. The van der Waals surface area contributed by atoms with Gasteiger partial charge in [0.15, 0.2) is 5.78 Å². The van der Waals surface area contributed by atoms with Crippen LogP contribution in [0.15, 0.2) is 118 Å². The van der Waals surface area contributed by atoms with Gasteiger partial charge in [0.2, 0.25) is 5.96 Å². The first-order chi connectivity index (χ1) is 20.3. The Hall–Kier alpha value is -4.05. The SMILES string of the molecule is O=C(CCCN=C(NS(=O)(=O)c1ccc(Cl)cc1)N1CC(c2ccccc2)C(c2ccc(Cl)cc2)=N1)c1cccnc1.